The van der Waals surface area contributed by atoms with E-state index in [1.165, 1.54) is 11.8 Å². The summed E-state index contributed by atoms with van der Waals surface area (Å²) in [5.41, 5.74) is 1.76. The lowest BCUT2D eigenvalue weighted by Crippen LogP contribution is -2.33. The van der Waals surface area contributed by atoms with Gasteiger partial charge in [0.15, 0.2) is 4.34 Å². The molecule has 7 heteroatoms. The monoisotopic (exact) mass is 344 g/mol. The van der Waals surface area contributed by atoms with Gasteiger partial charge in [-0.1, -0.05) is 23.9 Å². The van der Waals surface area contributed by atoms with Gasteiger partial charge in [0, 0.05) is 19.4 Å². The molecule has 0 N–H and O–H groups in total. The number of thiazole rings is 1. The molecular formula is C16H16N4OS2. The van der Waals surface area contributed by atoms with Crippen molar-refractivity contribution in [1.82, 2.24) is 19.9 Å². The Morgan fingerprint density at radius 1 is 1.35 bits per heavy atom. The van der Waals surface area contributed by atoms with Gasteiger partial charge in [-0.15, -0.1) is 11.3 Å². The standard InChI is InChI=1S/C16H16N4OS2/c1-11(15(21)20(2)10-12-9-17-7-8-18-12)22-16-19-13-5-3-4-6-14(13)23-16/h3-9,11H,10H2,1-2H3. The van der Waals surface area contributed by atoms with Gasteiger partial charge in [-0.3, -0.25) is 14.8 Å². The van der Waals surface area contributed by atoms with Crippen LogP contribution in [0.4, 0.5) is 0 Å². The molecule has 3 rings (SSSR count). The van der Waals surface area contributed by atoms with Crippen LogP contribution in [0.1, 0.15) is 12.6 Å². The first kappa shape index (κ1) is 15.9. The number of carbonyl (C=O) groups is 1. The van der Waals surface area contributed by atoms with Gasteiger partial charge < -0.3 is 4.90 Å². The maximum absolute atomic E-state index is 12.5. The Morgan fingerprint density at radius 2 is 2.17 bits per heavy atom. The molecule has 0 saturated carbocycles. The molecule has 118 valence electrons. The first-order valence-corrected chi connectivity index (χ1v) is 8.85. The molecule has 0 saturated heterocycles. The predicted octanol–water partition coefficient (Wildman–Crippen LogP) is 3.23. The Kier molecular flexibility index (Phi) is 4.88. The van der Waals surface area contributed by atoms with Crippen molar-refractivity contribution in [1.29, 1.82) is 0 Å². The summed E-state index contributed by atoms with van der Waals surface area (Å²) in [7, 11) is 1.78. The normalized spacial score (nSPS) is 12.3. The molecule has 2 heterocycles. The predicted molar refractivity (Wildman–Crippen MR) is 93.4 cm³/mol. The van der Waals surface area contributed by atoms with E-state index < -0.39 is 0 Å². The number of nitrogens with zero attached hydrogens (tertiary/aromatic N) is 4. The number of hydrogen-bond donors (Lipinski definition) is 0. The summed E-state index contributed by atoms with van der Waals surface area (Å²) in [5, 5.41) is -0.197. The Hall–Kier alpha value is -1.99. The summed E-state index contributed by atoms with van der Waals surface area (Å²) >= 11 is 3.11. The zero-order valence-electron chi connectivity index (χ0n) is 12.8. The molecule has 0 spiro atoms. The largest absolute Gasteiger partial charge is 0.339 e. The van der Waals surface area contributed by atoms with Gasteiger partial charge in [0.05, 0.1) is 33.9 Å². The Morgan fingerprint density at radius 3 is 2.91 bits per heavy atom. The van der Waals surface area contributed by atoms with Gasteiger partial charge >= 0.3 is 0 Å². The number of amides is 1. The zero-order chi connectivity index (χ0) is 16.2. The van der Waals surface area contributed by atoms with Gasteiger partial charge in [-0.05, 0) is 19.1 Å². The third kappa shape index (κ3) is 3.86. The number of benzene rings is 1. The number of aromatic nitrogens is 3. The molecule has 1 unspecified atom stereocenters. The summed E-state index contributed by atoms with van der Waals surface area (Å²) in [5.74, 6) is 0.0555. The summed E-state index contributed by atoms with van der Waals surface area (Å²) < 4.78 is 2.06. The molecule has 0 fully saturated rings. The lowest BCUT2D eigenvalue weighted by Gasteiger charge is -2.19. The summed E-state index contributed by atoms with van der Waals surface area (Å²) in [6.45, 7) is 2.36. The third-order valence-electron chi connectivity index (χ3n) is 3.29. The van der Waals surface area contributed by atoms with Crippen molar-refractivity contribution >= 4 is 39.2 Å². The fourth-order valence-corrected chi connectivity index (χ4v) is 4.47. The minimum absolute atomic E-state index is 0.0555. The molecule has 23 heavy (non-hydrogen) atoms. The second kappa shape index (κ2) is 7.06. The quantitative estimate of drug-likeness (QED) is 0.665. The summed E-state index contributed by atoms with van der Waals surface area (Å²) in [6.07, 6.45) is 4.93. The lowest BCUT2D eigenvalue weighted by molar-refractivity contribution is -0.129. The van der Waals surface area contributed by atoms with Crippen molar-refractivity contribution in [3.8, 4) is 0 Å². The number of fused-ring (bicyclic) bond motifs is 1. The smallest absolute Gasteiger partial charge is 0.235 e. The highest BCUT2D eigenvalue weighted by molar-refractivity contribution is 8.02. The van der Waals surface area contributed by atoms with E-state index in [2.05, 4.69) is 15.0 Å². The molecule has 0 aliphatic rings. The van der Waals surface area contributed by atoms with Crippen LogP contribution in [-0.2, 0) is 11.3 Å². The first-order chi connectivity index (χ1) is 11.1. The van der Waals surface area contributed by atoms with E-state index in [1.807, 2.05) is 31.2 Å². The van der Waals surface area contributed by atoms with Crippen LogP contribution < -0.4 is 0 Å². The molecular weight excluding hydrogens is 328 g/mol. The highest BCUT2D eigenvalue weighted by atomic mass is 32.2. The van der Waals surface area contributed by atoms with Crippen molar-refractivity contribution in [3.05, 3.63) is 48.5 Å². The Bertz CT molecular complexity index is 773. The second-order valence-electron chi connectivity index (χ2n) is 5.10. The molecule has 1 aromatic carbocycles. The molecule has 2 aromatic heterocycles. The van der Waals surface area contributed by atoms with Gasteiger partial charge in [0.1, 0.15) is 0 Å². The summed E-state index contributed by atoms with van der Waals surface area (Å²) in [6, 6.07) is 8.00. The molecule has 3 aromatic rings. The topological polar surface area (TPSA) is 59.0 Å². The van der Waals surface area contributed by atoms with E-state index in [4.69, 9.17) is 0 Å². The molecule has 1 atom stereocenters. The Balaban J connectivity index is 1.64. The average Bonchev–Trinajstić information content (AvgIpc) is 2.97. The minimum atomic E-state index is -0.197. The fourth-order valence-electron chi connectivity index (χ4n) is 2.15. The van der Waals surface area contributed by atoms with Gasteiger partial charge in [-0.2, -0.15) is 0 Å². The second-order valence-corrected chi connectivity index (χ2v) is 7.72. The van der Waals surface area contributed by atoms with E-state index in [9.17, 15) is 4.79 Å². The van der Waals surface area contributed by atoms with Crippen molar-refractivity contribution in [2.75, 3.05) is 7.05 Å². The molecule has 1 amide bonds. The van der Waals surface area contributed by atoms with Crippen LogP contribution in [-0.4, -0.2) is 38.1 Å². The minimum Gasteiger partial charge on any atom is -0.339 e. The lowest BCUT2D eigenvalue weighted by atomic mass is 10.3. The average molecular weight is 344 g/mol. The SMILES string of the molecule is CC(Sc1nc2ccccc2s1)C(=O)N(C)Cc1cnccn1. The number of thioether (sulfide) groups is 1. The van der Waals surface area contributed by atoms with Crippen LogP contribution in [0.15, 0.2) is 47.2 Å². The molecule has 0 bridgehead atoms. The van der Waals surface area contributed by atoms with Gasteiger partial charge in [-0.25, -0.2) is 4.98 Å². The van der Waals surface area contributed by atoms with Crippen LogP contribution in [0.3, 0.4) is 0 Å². The van der Waals surface area contributed by atoms with Crippen LogP contribution in [0.2, 0.25) is 0 Å². The number of carbonyl (C=O) groups excluding carboxylic acids is 1. The number of rotatable bonds is 5. The van der Waals surface area contributed by atoms with Crippen LogP contribution >= 0.6 is 23.1 Å². The maximum Gasteiger partial charge on any atom is 0.235 e. The van der Waals surface area contributed by atoms with Gasteiger partial charge in [0.2, 0.25) is 5.91 Å². The van der Waals surface area contributed by atoms with Crippen LogP contribution in [0.5, 0.6) is 0 Å². The van der Waals surface area contributed by atoms with E-state index >= 15 is 0 Å². The molecule has 0 radical (unpaired) electrons. The molecule has 0 aliphatic heterocycles. The molecule has 0 aliphatic carbocycles. The van der Waals surface area contributed by atoms with Gasteiger partial charge in [0.25, 0.3) is 0 Å². The van der Waals surface area contributed by atoms with Crippen LogP contribution in [0, 0.1) is 0 Å². The molecule has 5 nitrogen and oxygen atoms in total. The number of para-hydroxylation sites is 1. The first-order valence-electron chi connectivity index (χ1n) is 7.15. The van der Waals surface area contributed by atoms with Crippen molar-refractivity contribution < 1.29 is 4.79 Å². The van der Waals surface area contributed by atoms with Crippen molar-refractivity contribution in [2.24, 2.45) is 0 Å². The maximum atomic E-state index is 12.5. The zero-order valence-corrected chi connectivity index (χ0v) is 14.5. The van der Waals surface area contributed by atoms with E-state index in [0.717, 1.165) is 20.3 Å². The van der Waals surface area contributed by atoms with E-state index in [-0.39, 0.29) is 11.2 Å². The van der Waals surface area contributed by atoms with Crippen LogP contribution in [0.25, 0.3) is 10.2 Å². The number of hydrogen-bond acceptors (Lipinski definition) is 6. The van der Waals surface area contributed by atoms with Crippen molar-refractivity contribution in [2.45, 2.75) is 23.1 Å². The highest BCUT2D eigenvalue weighted by Gasteiger charge is 2.20. The van der Waals surface area contributed by atoms with E-state index in [1.54, 1.807) is 41.9 Å². The van der Waals surface area contributed by atoms with Crippen molar-refractivity contribution in [3.63, 3.8) is 0 Å². The van der Waals surface area contributed by atoms with E-state index in [0.29, 0.717) is 6.54 Å². The summed E-state index contributed by atoms with van der Waals surface area (Å²) in [4.78, 5) is 27.0. The highest BCUT2D eigenvalue weighted by Crippen LogP contribution is 2.32. The fraction of sp³-hybridized carbons (Fsp3) is 0.250. The Labute approximate surface area is 142 Å². The third-order valence-corrected chi connectivity index (χ3v) is 5.51.